The van der Waals surface area contributed by atoms with Crippen molar-refractivity contribution in [2.75, 3.05) is 19.9 Å². The first kappa shape index (κ1) is 13.1. The van der Waals surface area contributed by atoms with Crippen LogP contribution in [-0.4, -0.2) is 30.8 Å². The van der Waals surface area contributed by atoms with Crippen molar-refractivity contribution in [3.8, 4) is 11.5 Å². The third kappa shape index (κ3) is 2.81. The number of piperidine rings is 1. The Kier molecular flexibility index (Phi) is 3.67. The fourth-order valence-electron chi connectivity index (χ4n) is 2.71. The van der Waals surface area contributed by atoms with Crippen molar-refractivity contribution in [1.82, 2.24) is 10.2 Å². The highest BCUT2D eigenvalue weighted by atomic mass is 16.7. The Hall–Kier alpha value is -1.91. The highest BCUT2D eigenvalue weighted by Crippen LogP contribution is 2.32. The molecule has 0 bridgehead atoms. The van der Waals surface area contributed by atoms with Gasteiger partial charge in [0, 0.05) is 19.6 Å². The number of amides is 2. The topological polar surface area (TPSA) is 50.8 Å². The molecule has 1 unspecified atom stereocenters. The molecule has 2 amide bonds. The number of nitrogens with one attached hydrogen (secondary N) is 1. The summed E-state index contributed by atoms with van der Waals surface area (Å²) in [6, 6.07) is 5.77. The van der Waals surface area contributed by atoms with Crippen molar-refractivity contribution in [3.05, 3.63) is 23.8 Å². The third-order valence-electron chi connectivity index (χ3n) is 3.82. The van der Waals surface area contributed by atoms with Crippen molar-refractivity contribution < 1.29 is 14.3 Å². The number of benzene rings is 1. The zero-order valence-corrected chi connectivity index (χ0v) is 11.7. The summed E-state index contributed by atoms with van der Waals surface area (Å²) in [6.07, 6.45) is 2.31. The van der Waals surface area contributed by atoms with E-state index in [1.165, 1.54) is 6.42 Å². The lowest BCUT2D eigenvalue weighted by molar-refractivity contribution is 0.169. The number of rotatable bonds is 2. The van der Waals surface area contributed by atoms with Gasteiger partial charge in [0.25, 0.3) is 0 Å². The van der Waals surface area contributed by atoms with Crippen LogP contribution in [-0.2, 0) is 6.54 Å². The van der Waals surface area contributed by atoms with E-state index >= 15 is 0 Å². The molecule has 5 heteroatoms. The van der Waals surface area contributed by atoms with E-state index in [0.717, 1.165) is 36.6 Å². The summed E-state index contributed by atoms with van der Waals surface area (Å²) in [5.41, 5.74) is 1.02. The largest absolute Gasteiger partial charge is 0.454 e. The normalized spacial score (nSPS) is 20.9. The van der Waals surface area contributed by atoms with Crippen LogP contribution in [0.25, 0.3) is 0 Å². The van der Waals surface area contributed by atoms with Gasteiger partial charge in [-0.1, -0.05) is 13.0 Å². The van der Waals surface area contributed by atoms with Crippen LogP contribution >= 0.6 is 0 Å². The van der Waals surface area contributed by atoms with E-state index in [-0.39, 0.29) is 12.8 Å². The summed E-state index contributed by atoms with van der Waals surface area (Å²) in [4.78, 5) is 14.0. The number of urea groups is 1. The van der Waals surface area contributed by atoms with Gasteiger partial charge in [0.2, 0.25) is 6.79 Å². The molecule has 1 N–H and O–H groups in total. The van der Waals surface area contributed by atoms with E-state index in [1.807, 2.05) is 23.1 Å². The molecule has 1 saturated heterocycles. The second-order valence-electron chi connectivity index (χ2n) is 5.54. The van der Waals surface area contributed by atoms with Crippen molar-refractivity contribution in [1.29, 1.82) is 0 Å². The molecule has 0 saturated carbocycles. The molecule has 0 spiro atoms. The maximum atomic E-state index is 12.1. The average Bonchev–Trinajstić information content (AvgIpc) is 2.92. The summed E-state index contributed by atoms with van der Waals surface area (Å²) in [5, 5.41) is 2.97. The fourth-order valence-corrected chi connectivity index (χ4v) is 2.71. The zero-order chi connectivity index (χ0) is 13.9. The molecular weight excluding hydrogens is 256 g/mol. The number of likely N-dealkylation sites (tertiary alicyclic amines) is 1. The van der Waals surface area contributed by atoms with E-state index in [4.69, 9.17) is 9.47 Å². The Morgan fingerprint density at radius 1 is 1.40 bits per heavy atom. The molecule has 1 atom stereocenters. The van der Waals surface area contributed by atoms with Gasteiger partial charge in [-0.3, -0.25) is 0 Å². The summed E-state index contributed by atoms with van der Waals surface area (Å²) in [7, 11) is 0. The molecule has 2 heterocycles. The van der Waals surface area contributed by atoms with Crippen molar-refractivity contribution in [2.24, 2.45) is 5.92 Å². The van der Waals surface area contributed by atoms with Gasteiger partial charge in [0.05, 0.1) is 0 Å². The Morgan fingerprint density at radius 3 is 3.10 bits per heavy atom. The van der Waals surface area contributed by atoms with E-state index in [9.17, 15) is 4.79 Å². The quantitative estimate of drug-likeness (QED) is 0.902. The Bertz CT molecular complexity index is 504. The van der Waals surface area contributed by atoms with Crippen LogP contribution < -0.4 is 14.8 Å². The minimum absolute atomic E-state index is 0.0224. The molecule has 5 nitrogen and oxygen atoms in total. The maximum absolute atomic E-state index is 12.1. The fraction of sp³-hybridized carbons (Fsp3) is 0.533. The lowest BCUT2D eigenvalue weighted by Crippen LogP contribution is -2.44. The average molecular weight is 276 g/mol. The summed E-state index contributed by atoms with van der Waals surface area (Å²) in [5.74, 6) is 2.12. The van der Waals surface area contributed by atoms with Gasteiger partial charge in [-0.2, -0.15) is 0 Å². The van der Waals surface area contributed by atoms with Crippen molar-refractivity contribution in [3.63, 3.8) is 0 Å². The van der Waals surface area contributed by atoms with Gasteiger partial charge in [-0.05, 0) is 36.5 Å². The van der Waals surface area contributed by atoms with Crippen LogP contribution in [0.4, 0.5) is 4.79 Å². The maximum Gasteiger partial charge on any atom is 0.317 e. The monoisotopic (exact) mass is 276 g/mol. The third-order valence-corrected chi connectivity index (χ3v) is 3.82. The minimum Gasteiger partial charge on any atom is -0.454 e. The Morgan fingerprint density at radius 2 is 2.25 bits per heavy atom. The van der Waals surface area contributed by atoms with Gasteiger partial charge in [0.1, 0.15) is 0 Å². The lowest BCUT2D eigenvalue weighted by Gasteiger charge is -2.30. The van der Waals surface area contributed by atoms with Crippen LogP contribution in [0.15, 0.2) is 18.2 Å². The highest BCUT2D eigenvalue weighted by molar-refractivity contribution is 5.74. The molecule has 0 radical (unpaired) electrons. The van der Waals surface area contributed by atoms with Crippen molar-refractivity contribution >= 4 is 6.03 Å². The van der Waals surface area contributed by atoms with Gasteiger partial charge < -0.3 is 19.7 Å². The number of ether oxygens (including phenoxy) is 2. The van der Waals surface area contributed by atoms with Gasteiger partial charge in [0.15, 0.2) is 11.5 Å². The number of carbonyl (C=O) groups is 1. The Balaban J connectivity index is 1.55. The predicted octanol–water partition coefficient (Wildman–Crippen LogP) is 2.36. The molecule has 0 aromatic heterocycles. The molecule has 108 valence electrons. The van der Waals surface area contributed by atoms with Crippen molar-refractivity contribution in [2.45, 2.75) is 26.3 Å². The lowest BCUT2D eigenvalue weighted by atomic mass is 10.0. The van der Waals surface area contributed by atoms with E-state index in [2.05, 4.69) is 12.2 Å². The first-order valence-electron chi connectivity index (χ1n) is 7.13. The number of hydrogen-bond donors (Lipinski definition) is 1. The standard InChI is InChI=1S/C15H20N2O3/c1-11-3-2-6-17(9-11)15(18)16-8-12-4-5-13-14(7-12)20-10-19-13/h4-5,7,11H,2-3,6,8-10H2,1H3,(H,16,18). The van der Waals surface area contributed by atoms with Crippen LogP contribution in [0.3, 0.4) is 0 Å². The highest BCUT2D eigenvalue weighted by Gasteiger charge is 2.20. The predicted molar refractivity (Wildman–Crippen MR) is 74.8 cm³/mol. The minimum atomic E-state index is 0.0224. The van der Waals surface area contributed by atoms with Gasteiger partial charge in [-0.25, -0.2) is 4.79 Å². The molecule has 0 aliphatic carbocycles. The second kappa shape index (κ2) is 5.61. The molecule has 2 aliphatic heterocycles. The van der Waals surface area contributed by atoms with E-state index < -0.39 is 0 Å². The first-order chi connectivity index (χ1) is 9.72. The summed E-state index contributed by atoms with van der Waals surface area (Å²) >= 11 is 0. The number of carbonyl (C=O) groups excluding carboxylic acids is 1. The summed E-state index contributed by atoms with van der Waals surface area (Å²) < 4.78 is 10.6. The molecule has 1 fully saturated rings. The van der Waals surface area contributed by atoms with Crippen LogP contribution in [0.1, 0.15) is 25.3 Å². The molecule has 20 heavy (non-hydrogen) atoms. The second-order valence-corrected chi connectivity index (χ2v) is 5.54. The molecule has 3 rings (SSSR count). The first-order valence-corrected chi connectivity index (χ1v) is 7.13. The van der Waals surface area contributed by atoms with Crippen LogP contribution in [0.2, 0.25) is 0 Å². The Labute approximate surface area is 118 Å². The van der Waals surface area contributed by atoms with E-state index in [0.29, 0.717) is 12.5 Å². The van der Waals surface area contributed by atoms with Gasteiger partial charge >= 0.3 is 6.03 Å². The van der Waals surface area contributed by atoms with E-state index in [1.54, 1.807) is 0 Å². The SMILES string of the molecule is CC1CCCN(C(=O)NCc2ccc3c(c2)OCO3)C1. The molecule has 2 aliphatic rings. The van der Waals surface area contributed by atoms with Crippen LogP contribution in [0, 0.1) is 5.92 Å². The smallest absolute Gasteiger partial charge is 0.317 e. The number of hydrogen-bond acceptors (Lipinski definition) is 3. The summed E-state index contributed by atoms with van der Waals surface area (Å²) in [6.45, 7) is 4.69. The molecule has 1 aromatic rings. The zero-order valence-electron chi connectivity index (χ0n) is 11.7. The number of nitrogens with zero attached hydrogens (tertiary/aromatic N) is 1. The molecular formula is C15H20N2O3. The van der Waals surface area contributed by atoms with Crippen LogP contribution in [0.5, 0.6) is 11.5 Å². The molecule has 1 aromatic carbocycles. The number of fused-ring (bicyclic) bond motifs is 1. The van der Waals surface area contributed by atoms with Gasteiger partial charge in [-0.15, -0.1) is 0 Å².